The molecule has 178 valence electrons. The average molecular weight is 467 g/mol. The van der Waals surface area contributed by atoms with Gasteiger partial charge in [0.25, 0.3) is 11.8 Å². The topological polar surface area (TPSA) is 96.0 Å². The third-order valence-electron chi connectivity index (χ3n) is 6.07. The Morgan fingerprint density at radius 1 is 1.06 bits per heavy atom. The Labute approximate surface area is 196 Å². The first-order chi connectivity index (χ1) is 16.4. The molecular weight excluding hydrogens is 441 g/mol. The van der Waals surface area contributed by atoms with Crippen molar-refractivity contribution in [3.63, 3.8) is 0 Å². The van der Waals surface area contributed by atoms with Crippen LogP contribution in [0.25, 0.3) is 0 Å². The molecule has 2 aliphatic heterocycles. The normalized spacial score (nSPS) is 18.9. The van der Waals surface area contributed by atoms with Crippen LogP contribution in [0.4, 0.5) is 10.1 Å². The zero-order chi connectivity index (χ0) is 24.2. The fourth-order valence-corrected chi connectivity index (χ4v) is 4.33. The van der Waals surface area contributed by atoms with Crippen LogP contribution >= 0.6 is 0 Å². The van der Waals surface area contributed by atoms with Crippen molar-refractivity contribution in [1.29, 1.82) is 0 Å². The molecule has 0 unspecified atom stereocenters. The second-order valence-corrected chi connectivity index (χ2v) is 8.33. The fourth-order valence-electron chi connectivity index (χ4n) is 4.33. The molecule has 1 atom stereocenters. The van der Waals surface area contributed by atoms with Crippen LogP contribution in [0.1, 0.15) is 46.9 Å². The second kappa shape index (κ2) is 10.1. The molecule has 2 heterocycles. The monoisotopic (exact) mass is 467 g/mol. The van der Waals surface area contributed by atoms with Crippen molar-refractivity contribution in [2.75, 3.05) is 24.6 Å². The summed E-state index contributed by atoms with van der Waals surface area (Å²) in [5, 5.41) is 3.27. The van der Waals surface area contributed by atoms with Crippen LogP contribution in [0.2, 0.25) is 0 Å². The Kier molecular flexibility index (Phi) is 7.02. The molecule has 9 heteroatoms. The van der Waals surface area contributed by atoms with E-state index in [1.807, 2.05) is 0 Å². The van der Waals surface area contributed by atoms with Crippen molar-refractivity contribution >= 4 is 29.4 Å². The van der Waals surface area contributed by atoms with Crippen molar-refractivity contribution in [3.8, 4) is 0 Å². The summed E-state index contributed by atoms with van der Waals surface area (Å²) in [6.45, 7) is 2.92. The van der Waals surface area contributed by atoms with Gasteiger partial charge in [0.2, 0.25) is 5.91 Å². The lowest BCUT2D eigenvalue weighted by atomic mass is 10.0. The lowest BCUT2D eigenvalue weighted by Crippen LogP contribution is -2.49. The molecule has 0 saturated carbocycles. The molecule has 0 radical (unpaired) electrons. The quantitative estimate of drug-likeness (QED) is 0.518. The van der Waals surface area contributed by atoms with Gasteiger partial charge < -0.3 is 15.0 Å². The number of nitrogens with one attached hydrogen (secondary N) is 1. The first-order valence-electron chi connectivity index (χ1n) is 11.3. The highest BCUT2D eigenvalue weighted by Gasteiger charge is 2.41. The van der Waals surface area contributed by atoms with Gasteiger partial charge in [0.1, 0.15) is 5.82 Å². The lowest BCUT2D eigenvalue weighted by Gasteiger charge is -2.33. The maximum absolute atomic E-state index is 13.4. The molecule has 2 fully saturated rings. The number of carbonyl (C=O) groups is 4. The molecule has 2 aliphatic rings. The Balaban J connectivity index is 1.33. The average Bonchev–Trinajstić information content (AvgIpc) is 3.12. The highest BCUT2D eigenvalue weighted by atomic mass is 19.1. The summed E-state index contributed by atoms with van der Waals surface area (Å²) in [7, 11) is 0. The molecule has 34 heavy (non-hydrogen) atoms. The molecule has 1 N–H and O–H groups in total. The number of ether oxygens (including phenoxy) is 1. The minimum atomic E-state index is -0.646. The van der Waals surface area contributed by atoms with Gasteiger partial charge in [0, 0.05) is 24.7 Å². The Bertz CT molecular complexity index is 1100. The van der Waals surface area contributed by atoms with Gasteiger partial charge in [-0.05, 0) is 62.2 Å². The van der Waals surface area contributed by atoms with E-state index in [0.29, 0.717) is 42.7 Å². The molecule has 0 aliphatic carbocycles. The number of likely N-dealkylation sites (tertiary alicyclic amines) is 1. The molecule has 0 aromatic heterocycles. The van der Waals surface area contributed by atoms with E-state index >= 15 is 0 Å². The Hall–Kier alpha value is -3.59. The van der Waals surface area contributed by atoms with Crippen molar-refractivity contribution in [2.24, 2.45) is 0 Å². The summed E-state index contributed by atoms with van der Waals surface area (Å²) < 4.78 is 18.4. The Morgan fingerprint density at radius 3 is 2.41 bits per heavy atom. The molecule has 3 amide bonds. The van der Waals surface area contributed by atoms with E-state index in [-0.39, 0.29) is 36.8 Å². The van der Waals surface area contributed by atoms with Crippen LogP contribution in [0.15, 0.2) is 48.5 Å². The van der Waals surface area contributed by atoms with E-state index in [1.54, 1.807) is 30.0 Å². The van der Waals surface area contributed by atoms with E-state index in [2.05, 4.69) is 5.32 Å². The zero-order valence-electron chi connectivity index (χ0n) is 18.8. The van der Waals surface area contributed by atoms with Gasteiger partial charge >= 0.3 is 5.97 Å². The molecule has 2 aromatic rings. The molecular formula is C25H26FN3O5. The smallest absolute Gasteiger partial charge is 0.338 e. The molecule has 0 bridgehead atoms. The van der Waals surface area contributed by atoms with E-state index in [0.717, 1.165) is 4.90 Å². The molecule has 8 nitrogen and oxygen atoms in total. The summed E-state index contributed by atoms with van der Waals surface area (Å²) >= 11 is 0. The third-order valence-corrected chi connectivity index (χ3v) is 6.07. The van der Waals surface area contributed by atoms with Crippen LogP contribution in [0.5, 0.6) is 0 Å². The van der Waals surface area contributed by atoms with Gasteiger partial charge in [-0.25, -0.2) is 14.1 Å². The van der Waals surface area contributed by atoms with Crippen LogP contribution < -0.4 is 10.2 Å². The minimum absolute atomic E-state index is 0.0237. The summed E-state index contributed by atoms with van der Waals surface area (Å²) in [6, 6.07) is 11.1. The zero-order valence-corrected chi connectivity index (χ0v) is 18.8. The maximum Gasteiger partial charge on any atom is 0.338 e. The summed E-state index contributed by atoms with van der Waals surface area (Å²) in [4.78, 5) is 52.8. The predicted octanol–water partition coefficient (Wildman–Crippen LogP) is 2.53. The number of anilines is 1. The first-order valence-corrected chi connectivity index (χ1v) is 11.3. The molecule has 4 rings (SSSR count). The molecule has 2 saturated heterocycles. The van der Waals surface area contributed by atoms with E-state index in [1.165, 1.54) is 30.3 Å². The number of piperidine rings is 1. The SMILES string of the molecule is CCOC(=O)c1ccc(N2C(=O)C[C@@H](NC3CCN(C(=O)c4cccc(F)c4)CC3)C2=O)cc1. The number of rotatable bonds is 6. The number of carbonyl (C=O) groups excluding carboxylic acids is 4. The largest absolute Gasteiger partial charge is 0.462 e. The number of imide groups is 1. The summed E-state index contributed by atoms with van der Waals surface area (Å²) in [5.74, 6) is -1.79. The van der Waals surface area contributed by atoms with E-state index < -0.39 is 17.8 Å². The standard InChI is InChI=1S/C25H26FN3O5/c1-2-34-25(33)16-6-8-20(9-7-16)29-22(30)15-21(24(29)32)27-19-10-12-28(13-11-19)23(31)17-4-3-5-18(26)14-17/h3-9,14,19,21,27H,2,10-13,15H2,1H3/t21-/m1/s1. The van der Waals surface area contributed by atoms with Crippen LogP contribution in [0.3, 0.4) is 0 Å². The lowest BCUT2D eigenvalue weighted by molar-refractivity contribution is -0.121. The van der Waals surface area contributed by atoms with Crippen molar-refractivity contribution in [1.82, 2.24) is 10.2 Å². The van der Waals surface area contributed by atoms with Gasteiger partial charge in [-0.15, -0.1) is 0 Å². The number of hydrogen-bond acceptors (Lipinski definition) is 6. The van der Waals surface area contributed by atoms with Crippen molar-refractivity contribution in [3.05, 3.63) is 65.5 Å². The van der Waals surface area contributed by atoms with Gasteiger partial charge in [-0.2, -0.15) is 0 Å². The van der Waals surface area contributed by atoms with Gasteiger partial charge in [0.05, 0.1) is 30.3 Å². The number of benzene rings is 2. The van der Waals surface area contributed by atoms with E-state index in [4.69, 9.17) is 4.74 Å². The second-order valence-electron chi connectivity index (χ2n) is 8.33. The fraction of sp³-hybridized carbons (Fsp3) is 0.360. The minimum Gasteiger partial charge on any atom is -0.462 e. The van der Waals surface area contributed by atoms with Gasteiger partial charge in [-0.1, -0.05) is 6.07 Å². The summed E-state index contributed by atoms with van der Waals surface area (Å²) in [5.41, 5.74) is 1.06. The predicted molar refractivity (Wildman–Crippen MR) is 122 cm³/mol. The van der Waals surface area contributed by atoms with Crippen molar-refractivity contribution in [2.45, 2.75) is 38.3 Å². The van der Waals surface area contributed by atoms with Crippen LogP contribution in [-0.4, -0.2) is 60.4 Å². The number of amides is 3. The molecule has 0 spiro atoms. The highest BCUT2D eigenvalue weighted by Crippen LogP contribution is 2.25. The highest BCUT2D eigenvalue weighted by molar-refractivity contribution is 6.22. The van der Waals surface area contributed by atoms with Crippen LogP contribution in [-0.2, 0) is 14.3 Å². The number of hydrogen-bond donors (Lipinski definition) is 1. The molecule has 2 aromatic carbocycles. The Morgan fingerprint density at radius 2 is 1.76 bits per heavy atom. The third kappa shape index (κ3) is 4.99. The van der Waals surface area contributed by atoms with E-state index in [9.17, 15) is 23.6 Å². The number of halogens is 1. The number of esters is 1. The van der Waals surface area contributed by atoms with Crippen LogP contribution in [0, 0.1) is 5.82 Å². The number of nitrogens with zero attached hydrogens (tertiary/aromatic N) is 2. The maximum atomic E-state index is 13.4. The van der Waals surface area contributed by atoms with Gasteiger partial charge in [0.15, 0.2) is 0 Å². The van der Waals surface area contributed by atoms with Crippen molar-refractivity contribution < 1.29 is 28.3 Å². The van der Waals surface area contributed by atoms with Gasteiger partial charge in [-0.3, -0.25) is 14.4 Å². The first kappa shape index (κ1) is 23.6. The summed E-state index contributed by atoms with van der Waals surface area (Å²) in [6.07, 6.45) is 1.28.